The highest BCUT2D eigenvalue weighted by molar-refractivity contribution is 7.89. The first kappa shape index (κ1) is 20.8. The number of methoxy groups -OCH3 is 1. The second-order valence-electron chi connectivity index (χ2n) is 6.08. The van der Waals surface area contributed by atoms with E-state index >= 15 is 0 Å². The summed E-state index contributed by atoms with van der Waals surface area (Å²) in [5.74, 6) is -0.229. The molecule has 0 bridgehead atoms. The average Bonchev–Trinajstić information content (AvgIpc) is 2.65. The number of likely N-dealkylation sites (N-methyl/N-ethyl adjacent to an activating group) is 1. The largest absolute Gasteiger partial charge is 0.383 e. The van der Waals surface area contributed by atoms with Crippen molar-refractivity contribution in [3.63, 3.8) is 0 Å². The predicted octanol–water partition coefficient (Wildman–Crippen LogP) is 0.187. The van der Waals surface area contributed by atoms with Crippen molar-refractivity contribution in [2.45, 2.75) is 11.8 Å². The number of amides is 1. The standard InChI is InChI=1S/C17H28N4O4S/c1-3-20-8-10-21(11-9-20)26(23,24)16-6-4-5-15(13-16)19-17(22)14-18-7-12-25-2/h4-6,13,18H,3,7-12,14H2,1-2H3,(H,19,22). The van der Waals surface area contributed by atoms with Crippen molar-refractivity contribution in [2.24, 2.45) is 0 Å². The maximum atomic E-state index is 12.8. The van der Waals surface area contributed by atoms with Gasteiger partial charge in [-0.1, -0.05) is 13.0 Å². The van der Waals surface area contributed by atoms with Crippen LogP contribution in [0, 0.1) is 0 Å². The summed E-state index contributed by atoms with van der Waals surface area (Å²) in [6.07, 6.45) is 0. The van der Waals surface area contributed by atoms with E-state index in [4.69, 9.17) is 4.74 Å². The van der Waals surface area contributed by atoms with Gasteiger partial charge in [-0.15, -0.1) is 0 Å². The number of hydrogen-bond donors (Lipinski definition) is 2. The average molecular weight is 385 g/mol. The molecule has 1 saturated heterocycles. The Bertz CT molecular complexity index is 688. The number of ether oxygens (including phenoxy) is 1. The summed E-state index contributed by atoms with van der Waals surface area (Å²) in [6.45, 7) is 6.66. The summed E-state index contributed by atoms with van der Waals surface area (Å²) < 4.78 is 32.1. The van der Waals surface area contributed by atoms with Crippen LogP contribution in [-0.4, -0.2) is 83.1 Å². The fraction of sp³-hybridized carbons (Fsp3) is 0.588. The molecule has 0 unspecified atom stereocenters. The Labute approximate surface area is 155 Å². The minimum atomic E-state index is -3.55. The summed E-state index contributed by atoms with van der Waals surface area (Å²) in [7, 11) is -1.96. The third-order valence-electron chi connectivity index (χ3n) is 4.30. The molecule has 1 fully saturated rings. The topological polar surface area (TPSA) is 91.0 Å². The lowest BCUT2D eigenvalue weighted by Gasteiger charge is -2.33. The monoisotopic (exact) mass is 384 g/mol. The smallest absolute Gasteiger partial charge is 0.243 e. The van der Waals surface area contributed by atoms with Crippen molar-refractivity contribution >= 4 is 21.6 Å². The zero-order chi connectivity index (χ0) is 19.0. The zero-order valence-electron chi connectivity index (χ0n) is 15.4. The Morgan fingerprint density at radius 3 is 2.62 bits per heavy atom. The molecule has 1 aliphatic rings. The van der Waals surface area contributed by atoms with Gasteiger partial charge >= 0.3 is 0 Å². The van der Waals surface area contributed by atoms with E-state index in [0.29, 0.717) is 31.9 Å². The molecule has 1 heterocycles. The Balaban J connectivity index is 1.98. The van der Waals surface area contributed by atoms with Gasteiger partial charge in [0.2, 0.25) is 15.9 Å². The highest BCUT2D eigenvalue weighted by Crippen LogP contribution is 2.21. The summed E-state index contributed by atoms with van der Waals surface area (Å²) in [5, 5.41) is 5.66. The quantitative estimate of drug-likeness (QED) is 0.591. The van der Waals surface area contributed by atoms with Crippen LogP contribution in [0.3, 0.4) is 0 Å². The van der Waals surface area contributed by atoms with Gasteiger partial charge in [0.05, 0.1) is 18.0 Å². The first-order valence-corrected chi connectivity index (χ1v) is 10.2. The molecule has 1 aromatic carbocycles. The number of carbonyl (C=O) groups excluding carboxylic acids is 1. The third kappa shape index (κ3) is 5.75. The molecule has 9 heteroatoms. The molecular formula is C17H28N4O4S. The highest BCUT2D eigenvalue weighted by atomic mass is 32.2. The van der Waals surface area contributed by atoms with Crippen LogP contribution in [0.15, 0.2) is 29.2 Å². The molecule has 2 N–H and O–H groups in total. The molecule has 0 atom stereocenters. The van der Waals surface area contributed by atoms with Crippen LogP contribution in [-0.2, 0) is 19.6 Å². The Hall–Kier alpha value is -1.52. The lowest BCUT2D eigenvalue weighted by atomic mass is 10.3. The van der Waals surface area contributed by atoms with Gasteiger partial charge in [-0.25, -0.2) is 8.42 Å². The maximum absolute atomic E-state index is 12.8. The molecule has 146 valence electrons. The molecule has 1 aromatic rings. The minimum absolute atomic E-state index is 0.138. The number of nitrogens with one attached hydrogen (secondary N) is 2. The third-order valence-corrected chi connectivity index (χ3v) is 6.20. The molecule has 0 spiro atoms. The molecule has 0 aliphatic carbocycles. The van der Waals surface area contributed by atoms with Crippen LogP contribution in [0.2, 0.25) is 0 Å². The van der Waals surface area contributed by atoms with E-state index in [9.17, 15) is 13.2 Å². The second kappa shape index (κ2) is 9.98. The summed E-state index contributed by atoms with van der Waals surface area (Å²) in [6, 6.07) is 6.40. The van der Waals surface area contributed by atoms with E-state index in [1.807, 2.05) is 0 Å². The van der Waals surface area contributed by atoms with E-state index < -0.39 is 10.0 Å². The van der Waals surface area contributed by atoms with Gasteiger partial charge in [0.15, 0.2) is 0 Å². The molecule has 1 aliphatic heterocycles. The summed E-state index contributed by atoms with van der Waals surface area (Å²) in [5.41, 5.74) is 0.469. The minimum Gasteiger partial charge on any atom is -0.383 e. The molecule has 0 radical (unpaired) electrons. The summed E-state index contributed by atoms with van der Waals surface area (Å²) in [4.78, 5) is 14.4. The predicted molar refractivity (Wildman–Crippen MR) is 101 cm³/mol. The van der Waals surface area contributed by atoms with Crippen LogP contribution in [0.4, 0.5) is 5.69 Å². The Morgan fingerprint density at radius 1 is 1.23 bits per heavy atom. The van der Waals surface area contributed by atoms with E-state index in [1.54, 1.807) is 25.3 Å². The molecule has 0 aromatic heterocycles. The maximum Gasteiger partial charge on any atom is 0.243 e. The van der Waals surface area contributed by atoms with Gasteiger partial charge in [0.25, 0.3) is 0 Å². The van der Waals surface area contributed by atoms with Crippen molar-refractivity contribution in [2.75, 3.05) is 64.8 Å². The SMILES string of the molecule is CCN1CCN(S(=O)(=O)c2cccc(NC(=O)CNCCOC)c2)CC1. The van der Waals surface area contributed by atoms with Crippen molar-refractivity contribution in [3.8, 4) is 0 Å². The first-order chi connectivity index (χ1) is 12.5. The molecule has 0 saturated carbocycles. The second-order valence-corrected chi connectivity index (χ2v) is 8.02. The number of hydrogen-bond acceptors (Lipinski definition) is 6. The number of piperazine rings is 1. The van der Waals surface area contributed by atoms with Crippen LogP contribution in [0.25, 0.3) is 0 Å². The van der Waals surface area contributed by atoms with Crippen LogP contribution < -0.4 is 10.6 Å². The van der Waals surface area contributed by atoms with E-state index in [-0.39, 0.29) is 17.3 Å². The van der Waals surface area contributed by atoms with Crippen LogP contribution >= 0.6 is 0 Å². The van der Waals surface area contributed by atoms with E-state index in [1.165, 1.54) is 10.4 Å². The fourth-order valence-corrected chi connectivity index (χ4v) is 4.22. The van der Waals surface area contributed by atoms with E-state index in [2.05, 4.69) is 22.5 Å². The number of benzene rings is 1. The van der Waals surface area contributed by atoms with E-state index in [0.717, 1.165) is 19.6 Å². The zero-order valence-corrected chi connectivity index (χ0v) is 16.2. The molecular weight excluding hydrogens is 356 g/mol. The van der Waals surface area contributed by atoms with Crippen molar-refractivity contribution < 1.29 is 17.9 Å². The Kier molecular flexibility index (Phi) is 7.98. The van der Waals surface area contributed by atoms with Crippen molar-refractivity contribution in [1.29, 1.82) is 0 Å². The fourth-order valence-electron chi connectivity index (χ4n) is 2.75. The molecule has 26 heavy (non-hydrogen) atoms. The van der Waals surface area contributed by atoms with Gasteiger partial charge in [0, 0.05) is 45.5 Å². The molecule has 8 nitrogen and oxygen atoms in total. The number of sulfonamides is 1. The summed E-state index contributed by atoms with van der Waals surface area (Å²) >= 11 is 0. The number of anilines is 1. The van der Waals surface area contributed by atoms with Gasteiger partial charge in [-0.3, -0.25) is 4.79 Å². The van der Waals surface area contributed by atoms with Gasteiger partial charge in [-0.2, -0.15) is 4.31 Å². The van der Waals surface area contributed by atoms with Crippen LogP contribution in [0.1, 0.15) is 6.92 Å². The van der Waals surface area contributed by atoms with Gasteiger partial charge < -0.3 is 20.3 Å². The van der Waals surface area contributed by atoms with Crippen molar-refractivity contribution in [1.82, 2.24) is 14.5 Å². The molecule has 2 rings (SSSR count). The molecule has 1 amide bonds. The normalized spacial score (nSPS) is 16.5. The first-order valence-electron chi connectivity index (χ1n) is 8.79. The highest BCUT2D eigenvalue weighted by Gasteiger charge is 2.28. The van der Waals surface area contributed by atoms with Gasteiger partial charge in [0.1, 0.15) is 0 Å². The number of nitrogens with zero attached hydrogens (tertiary/aromatic N) is 2. The van der Waals surface area contributed by atoms with Crippen LogP contribution in [0.5, 0.6) is 0 Å². The van der Waals surface area contributed by atoms with Crippen molar-refractivity contribution in [3.05, 3.63) is 24.3 Å². The van der Waals surface area contributed by atoms with Gasteiger partial charge in [-0.05, 0) is 24.7 Å². The lowest BCUT2D eigenvalue weighted by Crippen LogP contribution is -2.48. The number of rotatable bonds is 9. The lowest BCUT2D eigenvalue weighted by molar-refractivity contribution is -0.115. The number of carbonyl (C=O) groups is 1. The Morgan fingerprint density at radius 2 is 1.96 bits per heavy atom.